The van der Waals surface area contributed by atoms with Crippen LogP contribution in [0.15, 0.2) is 42.5 Å². The number of carbonyl (C=O) groups excluding carboxylic acids is 1. The first kappa shape index (κ1) is 18.4. The summed E-state index contributed by atoms with van der Waals surface area (Å²) in [5, 5.41) is 11.2. The average Bonchev–Trinajstić information content (AvgIpc) is 2.46. The van der Waals surface area contributed by atoms with E-state index in [1.165, 1.54) is 0 Å². The van der Waals surface area contributed by atoms with Crippen LogP contribution in [0.1, 0.15) is 11.1 Å². The number of ether oxygens (including phenoxy) is 2. The molecule has 0 bridgehead atoms. The Kier molecular flexibility index (Phi) is 7.33. The predicted octanol–water partition coefficient (Wildman–Crippen LogP) is -0.776. The van der Waals surface area contributed by atoms with Crippen molar-refractivity contribution in [3.8, 4) is 11.5 Å². The Morgan fingerprint density at radius 2 is 1.86 bits per heavy atom. The second-order valence-corrected chi connectivity index (χ2v) is 4.87. The molecule has 0 unspecified atom stereocenters. The van der Waals surface area contributed by atoms with Gasteiger partial charge in [-0.15, -0.1) is 0 Å². The molecule has 0 amide bonds. The molecule has 0 radical (unpaired) electrons. The van der Waals surface area contributed by atoms with Gasteiger partial charge in [-0.05, 0) is 35.9 Å². The van der Waals surface area contributed by atoms with E-state index < -0.39 is 5.97 Å². The van der Waals surface area contributed by atoms with Gasteiger partial charge in [0.25, 0.3) is 0 Å². The van der Waals surface area contributed by atoms with Crippen LogP contribution in [0, 0.1) is 0 Å². The second kappa shape index (κ2) is 8.75. The summed E-state index contributed by atoms with van der Waals surface area (Å²) >= 11 is 5.87. The van der Waals surface area contributed by atoms with Crippen LogP contribution >= 0.6 is 11.6 Å². The van der Waals surface area contributed by atoms with E-state index in [0.29, 0.717) is 22.9 Å². The number of carbonyl (C=O) groups is 1. The van der Waals surface area contributed by atoms with Crippen LogP contribution in [0.4, 0.5) is 0 Å². The molecule has 0 fully saturated rings. The minimum Gasteiger partial charge on any atom is -0.550 e. The number of hydrogen-bond acceptors (Lipinski definition) is 4. The van der Waals surface area contributed by atoms with Crippen LogP contribution in [0.5, 0.6) is 11.5 Å². The Hall–Kier alpha value is -1.60. The summed E-state index contributed by atoms with van der Waals surface area (Å²) in [6.07, 6.45) is -0.238. The monoisotopic (exact) mass is 312 g/mol. The number of halogens is 1. The third-order valence-corrected chi connectivity index (χ3v) is 3.15. The molecule has 22 heavy (non-hydrogen) atoms. The summed E-state index contributed by atoms with van der Waals surface area (Å²) < 4.78 is 10.7. The van der Waals surface area contributed by atoms with E-state index in [4.69, 9.17) is 21.1 Å². The van der Waals surface area contributed by atoms with Gasteiger partial charge in [0.2, 0.25) is 0 Å². The third kappa shape index (κ3) is 5.31. The molecule has 4 nitrogen and oxygen atoms in total. The molecule has 0 saturated heterocycles. The second-order valence-electron chi connectivity index (χ2n) is 4.44. The van der Waals surface area contributed by atoms with Crippen LogP contribution in [0.3, 0.4) is 0 Å². The zero-order valence-electron chi connectivity index (χ0n) is 12.5. The Balaban J connectivity index is 0.00000242. The van der Waals surface area contributed by atoms with Crippen LogP contribution in [-0.4, -0.2) is 13.1 Å². The van der Waals surface area contributed by atoms with Crippen molar-refractivity contribution < 1.29 is 38.2 Å². The number of methoxy groups -OCH3 is 1. The first-order chi connectivity index (χ1) is 10.1. The maximum atomic E-state index is 10.8. The molecule has 0 heterocycles. The molecule has 2 aromatic carbocycles. The molecule has 0 aliphatic carbocycles. The van der Waals surface area contributed by atoms with Gasteiger partial charge in [0.1, 0.15) is 18.1 Å². The molecular weight excluding hydrogens is 299 g/mol. The molecule has 0 aliphatic heterocycles. The molecule has 0 saturated carbocycles. The first-order valence-corrected chi connectivity index (χ1v) is 6.70. The van der Waals surface area contributed by atoms with E-state index in [1.54, 1.807) is 25.3 Å². The van der Waals surface area contributed by atoms with Gasteiger partial charge in [0.05, 0.1) is 7.11 Å². The number of rotatable bonds is 6. The van der Waals surface area contributed by atoms with Crippen LogP contribution in [-0.2, 0) is 17.8 Å². The van der Waals surface area contributed by atoms with E-state index in [-0.39, 0.29) is 25.3 Å². The topological polar surface area (TPSA) is 58.6 Å². The summed E-state index contributed by atoms with van der Waals surface area (Å²) in [6.45, 7) is 0.325. The van der Waals surface area contributed by atoms with Crippen molar-refractivity contribution in [3.05, 3.63) is 58.6 Å². The first-order valence-electron chi connectivity index (χ1n) is 6.32. The fraction of sp³-hybridized carbons (Fsp3) is 0.188. The van der Waals surface area contributed by atoms with Crippen molar-refractivity contribution in [2.45, 2.75) is 13.0 Å². The summed E-state index contributed by atoms with van der Waals surface area (Å²) in [5.74, 6) is 0.0777. The van der Waals surface area contributed by atoms with E-state index in [1.807, 2.05) is 24.3 Å². The molecule has 0 N–H and O–H groups in total. The van der Waals surface area contributed by atoms with Crippen molar-refractivity contribution in [3.63, 3.8) is 0 Å². The van der Waals surface area contributed by atoms with E-state index in [2.05, 4.69) is 0 Å². The van der Waals surface area contributed by atoms with Gasteiger partial charge >= 0.3 is 18.9 Å². The standard InChI is InChI=1S/C16H15ClO4.Li/c1-20-14-5-2-11(3-6-14)10-21-15-7-4-13(17)8-12(15)9-16(18)19;/h2-8H,9-10H2,1H3,(H,18,19);/q;+1/p-1. The van der Waals surface area contributed by atoms with Gasteiger partial charge < -0.3 is 19.4 Å². The molecule has 2 aromatic rings. The normalized spacial score (nSPS) is 9.73. The number of carboxylic acids is 1. The zero-order chi connectivity index (χ0) is 15.2. The van der Waals surface area contributed by atoms with Crippen LogP contribution < -0.4 is 33.4 Å². The molecule has 0 atom stereocenters. The van der Waals surface area contributed by atoms with Crippen molar-refractivity contribution >= 4 is 17.6 Å². The Morgan fingerprint density at radius 3 is 2.45 bits per heavy atom. The smallest absolute Gasteiger partial charge is 0.550 e. The fourth-order valence-corrected chi connectivity index (χ4v) is 2.06. The van der Waals surface area contributed by atoms with Gasteiger partial charge in [-0.25, -0.2) is 0 Å². The molecule has 0 aromatic heterocycles. The number of carboxylic acid groups (broad SMARTS) is 1. The largest absolute Gasteiger partial charge is 1.00 e. The number of hydrogen-bond donors (Lipinski definition) is 0. The molecule has 2 rings (SSSR count). The van der Waals surface area contributed by atoms with Gasteiger partial charge in [-0.2, -0.15) is 0 Å². The van der Waals surface area contributed by atoms with Crippen molar-refractivity contribution in [1.29, 1.82) is 0 Å². The van der Waals surface area contributed by atoms with Gasteiger partial charge in [0.15, 0.2) is 0 Å². The maximum Gasteiger partial charge on any atom is 1.00 e. The third-order valence-electron chi connectivity index (χ3n) is 2.91. The van der Waals surface area contributed by atoms with E-state index in [9.17, 15) is 9.90 Å². The Labute approximate surface area is 146 Å². The fourth-order valence-electron chi connectivity index (χ4n) is 1.87. The molecule has 0 spiro atoms. The molecule has 6 heteroatoms. The predicted molar refractivity (Wildman–Crippen MR) is 77.5 cm³/mol. The van der Waals surface area contributed by atoms with Gasteiger partial charge in [0, 0.05) is 23.0 Å². The Morgan fingerprint density at radius 1 is 1.18 bits per heavy atom. The maximum absolute atomic E-state index is 10.8. The summed E-state index contributed by atoms with van der Waals surface area (Å²) in [7, 11) is 1.60. The molecule has 0 aliphatic rings. The van der Waals surface area contributed by atoms with Crippen LogP contribution in [0.25, 0.3) is 0 Å². The van der Waals surface area contributed by atoms with E-state index in [0.717, 1.165) is 11.3 Å². The van der Waals surface area contributed by atoms with Crippen LogP contribution in [0.2, 0.25) is 5.02 Å². The summed E-state index contributed by atoms with van der Waals surface area (Å²) in [5.41, 5.74) is 1.45. The SMILES string of the molecule is COc1ccc(COc2ccc(Cl)cc2CC(=O)[O-])cc1.[Li+]. The number of benzene rings is 2. The summed E-state index contributed by atoms with van der Waals surface area (Å²) in [6, 6.07) is 12.3. The zero-order valence-corrected chi connectivity index (χ0v) is 13.2. The minimum absolute atomic E-state index is 0. The van der Waals surface area contributed by atoms with Gasteiger partial charge in [-0.1, -0.05) is 23.7 Å². The van der Waals surface area contributed by atoms with Crippen molar-refractivity contribution in [1.82, 2.24) is 0 Å². The van der Waals surface area contributed by atoms with Crippen molar-refractivity contribution in [2.75, 3.05) is 7.11 Å². The Bertz CT molecular complexity index is 629. The average molecular weight is 313 g/mol. The summed E-state index contributed by atoms with van der Waals surface area (Å²) in [4.78, 5) is 10.8. The number of aliphatic carboxylic acids is 1. The van der Waals surface area contributed by atoms with E-state index >= 15 is 0 Å². The van der Waals surface area contributed by atoms with Crippen molar-refractivity contribution in [2.24, 2.45) is 0 Å². The molecule has 110 valence electrons. The molecular formula is C16H14ClLiO4. The quantitative estimate of drug-likeness (QED) is 0.657. The van der Waals surface area contributed by atoms with Gasteiger partial charge in [-0.3, -0.25) is 0 Å². The minimum atomic E-state index is -1.17.